The molecule has 0 bridgehead atoms. The summed E-state index contributed by atoms with van der Waals surface area (Å²) in [6, 6.07) is 12.0. The summed E-state index contributed by atoms with van der Waals surface area (Å²) >= 11 is 0. The van der Waals surface area contributed by atoms with Crippen LogP contribution in [0.4, 0.5) is 5.69 Å². The largest absolute Gasteiger partial charge is 0.337 e. The number of hydrogen-bond acceptors (Lipinski definition) is 6. The molecule has 8 nitrogen and oxygen atoms in total. The van der Waals surface area contributed by atoms with E-state index < -0.39 is 4.92 Å². The predicted molar refractivity (Wildman–Crippen MR) is 107 cm³/mol. The zero-order chi connectivity index (χ0) is 21.1. The fraction of sp³-hybridized carbons (Fsp3) is 0.286. The van der Waals surface area contributed by atoms with E-state index in [1.165, 1.54) is 6.07 Å². The maximum Gasteiger partial charge on any atom is 0.273 e. The summed E-state index contributed by atoms with van der Waals surface area (Å²) < 4.78 is 5.34. The first-order valence-electron chi connectivity index (χ1n) is 9.22. The van der Waals surface area contributed by atoms with E-state index in [0.29, 0.717) is 17.3 Å². The van der Waals surface area contributed by atoms with Crippen molar-refractivity contribution >= 4 is 11.6 Å². The lowest BCUT2D eigenvalue weighted by Crippen LogP contribution is -2.36. The fourth-order valence-corrected chi connectivity index (χ4v) is 2.96. The number of amides is 1. The number of nitrogens with zero attached hydrogens (tertiary/aromatic N) is 4. The highest BCUT2D eigenvalue weighted by atomic mass is 16.6. The molecule has 0 N–H and O–H groups in total. The lowest BCUT2D eigenvalue weighted by Gasteiger charge is -2.25. The van der Waals surface area contributed by atoms with Crippen LogP contribution in [-0.2, 0) is 6.54 Å². The quantitative estimate of drug-likeness (QED) is 0.456. The van der Waals surface area contributed by atoms with Gasteiger partial charge in [-0.05, 0) is 39.8 Å². The van der Waals surface area contributed by atoms with Crippen LogP contribution in [0, 0.1) is 24.0 Å². The standard InChI is InChI=1S/C21H22N4O4/c1-13(2)24(21(26)17-9-8-15(4)18(11-17)25(27)28)12-19-22-20(23-29-19)16-7-5-6-14(3)10-16/h5-11,13H,12H2,1-4H3. The van der Waals surface area contributed by atoms with Crippen LogP contribution in [0.15, 0.2) is 47.0 Å². The van der Waals surface area contributed by atoms with Crippen molar-refractivity contribution in [2.24, 2.45) is 0 Å². The summed E-state index contributed by atoms with van der Waals surface area (Å²) in [5.41, 5.74) is 2.57. The molecule has 0 radical (unpaired) electrons. The minimum Gasteiger partial charge on any atom is -0.337 e. The normalized spacial score (nSPS) is 10.9. The Bertz CT molecular complexity index is 1060. The van der Waals surface area contributed by atoms with Gasteiger partial charge in [0.15, 0.2) is 0 Å². The van der Waals surface area contributed by atoms with Crippen LogP contribution in [0.25, 0.3) is 11.4 Å². The van der Waals surface area contributed by atoms with Gasteiger partial charge >= 0.3 is 0 Å². The minimum atomic E-state index is -0.488. The van der Waals surface area contributed by atoms with Crippen molar-refractivity contribution < 1.29 is 14.2 Å². The van der Waals surface area contributed by atoms with Gasteiger partial charge in [-0.1, -0.05) is 35.0 Å². The van der Waals surface area contributed by atoms with E-state index in [-0.39, 0.29) is 29.7 Å². The molecule has 0 aliphatic carbocycles. The van der Waals surface area contributed by atoms with Gasteiger partial charge in [-0.15, -0.1) is 0 Å². The van der Waals surface area contributed by atoms with Crippen LogP contribution in [0.5, 0.6) is 0 Å². The van der Waals surface area contributed by atoms with Crippen molar-refractivity contribution in [2.75, 3.05) is 0 Å². The van der Waals surface area contributed by atoms with Crippen molar-refractivity contribution in [3.8, 4) is 11.4 Å². The number of hydrogen-bond donors (Lipinski definition) is 0. The number of nitro benzene ring substituents is 1. The topological polar surface area (TPSA) is 102 Å². The van der Waals surface area contributed by atoms with Crippen molar-refractivity contribution in [1.82, 2.24) is 15.0 Å². The first kappa shape index (κ1) is 20.2. The van der Waals surface area contributed by atoms with Gasteiger partial charge in [-0.3, -0.25) is 14.9 Å². The number of carbonyl (C=O) groups is 1. The zero-order valence-corrected chi connectivity index (χ0v) is 16.7. The Balaban J connectivity index is 1.85. The Morgan fingerprint density at radius 3 is 2.62 bits per heavy atom. The SMILES string of the molecule is Cc1cccc(-c2noc(CN(C(=O)c3ccc(C)c([N+](=O)[O-])c3)C(C)C)n2)c1. The van der Waals surface area contributed by atoms with Gasteiger partial charge in [0.1, 0.15) is 6.54 Å². The molecule has 0 saturated carbocycles. The number of nitro groups is 1. The highest BCUT2D eigenvalue weighted by molar-refractivity contribution is 5.95. The molecule has 150 valence electrons. The summed E-state index contributed by atoms with van der Waals surface area (Å²) in [7, 11) is 0. The summed E-state index contributed by atoms with van der Waals surface area (Å²) in [4.78, 5) is 29.7. The molecule has 0 fully saturated rings. The highest BCUT2D eigenvalue weighted by Gasteiger charge is 2.24. The van der Waals surface area contributed by atoms with Crippen LogP contribution in [0.2, 0.25) is 0 Å². The van der Waals surface area contributed by atoms with Crippen LogP contribution in [-0.4, -0.2) is 31.9 Å². The van der Waals surface area contributed by atoms with Gasteiger partial charge in [0.25, 0.3) is 11.6 Å². The average molecular weight is 394 g/mol. The second kappa shape index (κ2) is 8.22. The van der Waals surface area contributed by atoms with E-state index in [1.807, 2.05) is 45.0 Å². The Morgan fingerprint density at radius 1 is 1.21 bits per heavy atom. The smallest absolute Gasteiger partial charge is 0.273 e. The molecule has 0 atom stereocenters. The van der Waals surface area contributed by atoms with Gasteiger partial charge in [-0.2, -0.15) is 4.98 Å². The van der Waals surface area contributed by atoms with Crippen molar-refractivity contribution in [3.05, 3.63) is 75.2 Å². The van der Waals surface area contributed by atoms with Crippen LogP contribution in [0.1, 0.15) is 41.2 Å². The highest BCUT2D eigenvalue weighted by Crippen LogP contribution is 2.22. The molecule has 8 heteroatoms. The number of benzene rings is 2. The van der Waals surface area contributed by atoms with Crippen LogP contribution >= 0.6 is 0 Å². The molecule has 3 rings (SSSR count). The molecule has 0 spiro atoms. The monoisotopic (exact) mass is 394 g/mol. The first-order valence-corrected chi connectivity index (χ1v) is 9.22. The summed E-state index contributed by atoms with van der Waals surface area (Å²) in [6.07, 6.45) is 0. The lowest BCUT2D eigenvalue weighted by atomic mass is 10.1. The molecule has 2 aromatic carbocycles. The first-order chi connectivity index (χ1) is 13.8. The molecule has 1 aromatic heterocycles. The minimum absolute atomic E-state index is 0.0842. The van der Waals surface area contributed by atoms with Crippen LogP contribution in [0.3, 0.4) is 0 Å². The number of aryl methyl sites for hydroxylation is 2. The van der Waals surface area contributed by atoms with Crippen molar-refractivity contribution in [3.63, 3.8) is 0 Å². The van der Waals surface area contributed by atoms with E-state index in [4.69, 9.17) is 4.52 Å². The van der Waals surface area contributed by atoms with Gasteiger partial charge in [0.05, 0.1) is 4.92 Å². The van der Waals surface area contributed by atoms with E-state index in [0.717, 1.165) is 11.1 Å². The molecule has 0 saturated heterocycles. The molecule has 3 aromatic rings. The predicted octanol–water partition coefficient (Wildman–Crippen LogP) is 4.31. The third-order valence-corrected chi connectivity index (χ3v) is 4.59. The summed E-state index contributed by atoms with van der Waals surface area (Å²) in [5, 5.41) is 15.2. The lowest BCUT2D eigenvalue weighted by molar-refractivity contribution is -0.385. The number of carbonyl (C=O) groups excluding carboxylic acids is 1. The number of aromatic nitrogens is 2. The van der Waals surface area contributed by atoms with Gasteiger partial charge in [-0.25, -0.2) is 0 Å². The molecule has 1 amide bonds. The molecule has 0 unspecified atom stereocenters. The van der Waals surface area contributed by atoms with Gasteiger partial charge in [0.2, 0.25) is 11.7 Å². The second-order valence-electron chi connectivity index (χ2n) is 7.17. The van der Waals surface area contributed by atoms with Crippen molar-refractivity contribution in [1.29, 1.82) is 0 Å². The molecular weight excluding hydrogens is 372 g/mol. The van der Waals surface area contributed by atoms with E-state index >= 15 is 0 Å². The number of rotatable bonds is 6. The van der Waals surface area contributed by atoms with E-state index in [1.54, 1.807) is 24.0 Å². The zero-order valence-electron chi connectivity index (χ0n) is 16.7. The van der Waals surface area contributed by atoms with Gasteiger partial charge < -0.3 is 9.42 Å². The van der Waals surface area contributed by atoms with E-state index in [9.17, 15) is 14.9 Å². The average Bonchev–Trinajstić information content (AvgIpc) is 3.14. The second-order valence-corrected chi connectivity index (χ2v) is 7.17. The summed E-state index contributed by atoms with van der Waals surface area (Å²) in [5.74, 6) is 0.411. The third-order valence-electron chi connectivity index (χ3n) is 4.59. The molecule has 0 aliphatic rings. The fourth-order valence-electron chi connectivity index (χ4n) is 2.96. The molecule has 29 heavy (non-hydrogen) atoms. The Morgan fingerprint density at radius 2 is 1.97 bits per heavy atom. The molecular formula is C21H22N4O4. The Labute approximate surface area is 168 Å². The maximum atomic E-state index is 13.0. The van der Waals surface area contributed by atoms with E-state index in [2.05, 4.69) is 10.1 Å². The Kier molecular flexibility index (Phi) is 5.72. The summed E-state index contributed by atoms with van der Waals surface area (Å²) in [6.45, 7) is 7.44. The maximum absolute atomic E-state index is 13.0. The molecule has 1 heterocycles. The Hall–Kier alpha value is -3.55. The third kappa shape index (κ3) is 4.48. The van der Waals surface area contributed by atoms with Gasteiger partial charge in [0, 0.05) is 28.8 Å². The molecule has 0 aliphatic heterocycles. The van der Waals surface area contributed by atoms with Crippen LogP contribution < -0.4 is 0 Å². The van der Waals surface area contributed by atoms with Crippen molar-refractivity contribution in [2.45, 2.75) is 40.3 Å².